The van der Waals surface area contributed by atoms with E-state index < -0.39 is 15.9 Å². The van der Waals surface area contributed by atoms with E-state index in [-0.39, 0.29) is 12.0 Å². The van der Waals surface area contributed by atoms with E-state index in [0.29, 0.717) is 19.6 Å². The molecule has 11 heteroatoms. The van der Waals surface area contributed by atoms with E-state index in [1.165, 1.54) is 10.9 Å². The number of aryl methyl sites for hydroxylation is 3. The van der Waals surface area contributed by atoms with Crippen LogP contribution in [0.3, 0.4) is 0 Å². The SMILES string of the molecule is Cc1cc(OCCCn2cncn2)ccc1-c1ccn(CCCC(=O)NS(C)(=O)=O)c(=O)c1. The van der Waals surface area contributed by atoms with Gasteiger partial charge < -0.3 is 9.30 Å². The molecule has 176 valence electrons. The number of nitrogens with one attached hydrogen (secondary N) is 1. The van der Waals surface area contributed by atoms with Crippen molar-refractivity contribution in [3.63, 3.8) is 0 Å². The molecule has 10 nitrogen and oxygen atoms in total. The van der Waals surface area contributed by atoms with Gasteiger partial charge in [-0.05, 0) is 48.2 Å². The van der Waals surface area contributed by atoms with Gasteiger partial charge in [0.2, 0.25) is 15.9 Å². The van der Waals surface area contributed by atoms with Gasteiger partial charge in [-0.1, -0.05) is 6.07 Å². The molecule has 0 saturated heterocycles. The molecule has 0 aliphatic carbocycles. The largest absolute Gasteiger partial charge is 0.494 e. The molecule has 0 aliphatic heterocycles. The van der Waals surface area contributed by atoms with Gasteiger partial charge in [-0.3, -0.25) is 19.0 Å². The number of ether oxygens (including phenoxy) is 1. The maximum Gasteiger partial charge on any atom is 0.251 e. The van der Waals surface area contributed by atoms with Crippen LogP contribution in [0.4, 0.5) is 0 Å². The summed E-state index contributed by atoms with van der Waals surface area (Å²) in [5.41, 5.74) is 2.52. The van der Waals surface area contributed by atoms with Crippen LogP contribution in [0, 0.1) is 6.92 Å². The summed E-state index contributed by atoms with van der Waals surface area (Å²) < 4.78 is 33.1. The van der Waals surface area contributed by atoms with E-state index in [0.717, 1.165) is 41.7 Å². The lowest BCUT2D eigenvalue weighted by Gasteiger charge is -2.12. The minimum absolute atomic E-state index is 0.0145. The molecule has 2 heterocycles. The molecule has 0 bridgehead atoms. The molecule has 1 amide bonds. The molecular weight excluding hydrogens is 446 g/mol. The van der Waals surface area contributed by atoms with Gasteiger partial charge in [0.1, 0.15) is 18.4 Å². The first kappa shape index (κ1) is 24.2. The molecule has 0 saturated carbocycles. The normalized spacial score (nSPS) is 11.3. The number of carbonyl (C=O) groups is 1. The maximum atomic E-state index is 12.5. The first-order chi connectivity index (χ1) is 15.7. The van der Waals surface area contributed by atoms with Gasteiger partial charge >= 0.3 is 0 Å². The van der Waals surface area contributed by atoms with Crippen molar-refractivity contribution in [3.8, 4) is 16.9 Å². The Hall–Kier alpha value is -3.47. The molecule has 2 aromatic heterocycles. The third kappa shape index (κ3) is 7.56. The molecule has 1 N–H and O–H groups in total. The fourth-order valence-electron chi connectivity index (χ4n) is 3.34. The first-order valence-electron chi connectivity index (χ1n) is 10.5. The number of benzene rings is 1. The molecule has 0 radical (unpaired) electrons. The Balaban J connectivity index is 1.55. The fraction of sp³-hybridized carbons (Fsp3) is 0.364. The molecule has 1 aromatic carbocycles. The predicted octanol–water partition coefficient (Wildman–Crippen LogP) is 1.74. The van der Waals surface area contributed by atoms with Gasteiger partial charge in [0.15, 0.2) is 0 Å². The van der Waals surface area contributed by atoms with Crippen LogP contribution in [-0.4, -0.2) is 46.5 Å². The van der Waals surface area contributed by atoms with Crippen molar-refractivity contribution in [2.45, 2.75) is 39.3 Å². The molecule has 0 aliphatic rings. The van der Waals surface area contributed by atoms with Gasteiger partial charge in [-0.25, -0.2) is 13.4 Å². The number of aromatic nitrogens is 4. The Morgan fingerprint density at radius 1 is 1.15 bits per heavy atom. The van der Waals surface area contributed by atoms with Crippen molar-refractivity contribution in [2.75, 3.05) is 12.9 Å². The number of nitrogens with zero attached hydrogens (tertiary/aromatic N) is 4. The van der Waals surface area contributed by atoms with Crippen molar-refractivity contribution in [1.82, 2.24) is 24.1 Å². The second kappa shape index (κ2) is 10.9. The molecule has 3 aromatic rings. The summed E-state index contributed by atoms with van der Waals surface area (Å²) in [6, 6.07) is 9.15. The monoisotopic (exact) mass is 473 g/mol. The second-order valence-electron chi connectivity index (χ2n) is 7.69. The lowest BCUT2D eigenvalue weighted by Crippen LogP contribution is -2.29. The van der Waals surface area contributed by atoms with Gasteiger partial charge in [0.25, 0.3) is 5.56 Å². The molecule has 0 unspecified atom stereocenters. The van der Waals surface area contributed by atoms with Crippen molar-refractivity contribution >= 4 is 15.9 Å². The van der Waals surface area contributed by atoms with E-state index in [2.05, 4.69) is 10.1 Å². The van der Waals surface area contributed by atoms with Crippen LogP contribution in [0.2, 0.25) is 0 Å². The van der Waals surface area contributed by atoms with Gasteiger partial charge in [-0.15, -0.1) is 0 Å². The molecular formula is C22H27N5O5S. The number of carbonyl (C=O) groups excluding carboxylic acids is 1. The third-order valence-corrected chi connectivity index (χ3v) is 5.47. The van der Waals surface area contributed by atoms with Crippen molar-refractivity contribution in [1.29, 1.82) is 0 Å². The van der Waals surface area contributed by atoms with E-state index in [1.54, 1.807) is 23.3 Å². The Bertz CT molecular complexity index is 1250. The van der Waals surface area contributed by atoms with Crippen molar-refractivity contribution < 1.29 is 17.9 Å². The summed E-state index contributed by atoms with van der Waals surface area (Å²) in [4.78, 5) is 28.0. The quantitative estimate of drug-likeness (QED) is 0.421. The zero-order chi connectivity index (χ0) is 23.8. The predicted molar refractivity (Wildman–Crippen MR) is 123 cm³/mol. The highest BCUT2D eigenvalue weighted by Gasteiger charge is 2.09. The number of rotatable bonds is 11. The average molecular weight is 474 g/mol. The van der Waals surface area contributed by atoms with Crippen LogP contribution < -0.4 is 15.0 Å². The zero-order valence-electron chi connectivity index (χ0n) is 18.6. The molecule has 0 atom stereocenters. The summed E-state index contributed by atoms with van der Waals surface area (Å²) in [5, 5.41) is 4.05. The van der Waals surface area contributed by atoms with E-state index in [1.807, 2.05) is 35.9 Å². The van der Waals surface area contributed by atoms with Crippen molar-refractivity contribution in [2.24, 2.45) is 0 Å². The van der Waals surface area contributed by atoms with Crippen LogP contribution in [0.1, 0.15) is 24.8 Å². The summed E-state index contributed by atoms with van der Waals surface area (Å²) in [6.45, 7) is 3.56. The second-order valence-corrected chi connectivity index (χ2v) is 9.43. The van der Waals surface area contributed by atoms with Crippen LogP contribution in [0.5, 0.6) is 5.75 Å². The van der Waals surface area contributed by atoms with Crippen LogP contribution in [-0.2, 0) is 27.9 Å². The van der Waals surface area contributed by atoms with Gasteiger partial charge in [0, 0.05) is 38.2 Å². The summed E-state index contributed by atoms with van der Waals surface area (Å²) >= 11 is 0. The molecule has 3 rings (SSSR count). The van der Waals surface area contributed by atoms with Gasteiger partial charge in [0.05, 0.1) is 12.9 Å². The minimum Gasteiger partial charge on any atom is -0.494 e. The van der Waals surface area contributed by atoms with Crippen molar-refractivity contribution in [3.05, 3.63) is 65.1 Å². The summed E-state index contributed by atoms with van der Waals surface area (Å²) in [7, 11) is -3.57. The Morgan fingerprint density at radius 3 is 2.64 bits per heavy atom. The first-order valence-corrected chi connectivity index (χ1v) is 12.4. The lowest BCUT2D eigenvalue weighted by atomic mass is 10.0. The number of hydrogen-bond donors (Lipinski definition) is 1. The number of amides is 1. The number of sulfonamides is 1. The van der Waals surface area contributed by atoms with E-state index >= 15 is 0 Å². The highest BCUT2D eigenvalue weighted by atomic mass is 32.2. The minimum atomic E-state index is -3.57. The van der Waals surface area contributed by atoms with Gasteiger partial charge in [-0.2, -0.15) is 5.10 Å². The fourth-order valence-corrected chi connectivity index (χ4v) is 3.86. The highest BCUT2D eigenvalue weighted by Crippen LogP contribution is 2.26. The Kier molecular flexibility index (Phi) is 7.99. The standard InChI is InChI=1S/C22H27N5O5S/c1-17-13-19(32-12-4-10-27-16-23-15-24-27)6-7-20(17)18-8-11-26(22(29)14-18)9-3-5-21(28)25-33(2,30)31/h6-8,11,13-16H,3-5,9-10,12H2,1-2H3,(H,25,28). The number of pyridine rings is 1. The maximum absolute atomic E-state index is 12.5. The Labute approximate surface area is 192 Å². The average Bonchev–Trinajstić information content (AvgIpc) is 3.25. The van der Waals surface area contributed by atoms with Crippen LogP contribution >= 0.6 is 0 Å². The molecule has 0 fully saturated rings. The van der Waals surface area contributed by atoms with Crippen LogP contribution in [0.15, 0.2) is 54.0 Å². The Morgan fingerprint density at radius 2 is 1.97 bits per heavy atom. The van der Waals surface area contributed by atoms with E-state index in [9.17, 15) is 18.0 Å². The summed E-state index contributed by atoms with van der Waals surface area (Å²) in [5.74, 6) is 0.175. The highest BCUT2D eigenvalue weighted by molar-refractivity contribution is 7.89. The molecule has 33 heavy (non-hydrogen) atoms. The van der Waals surface area contributed by atoms with Crippen LogP contribution in [0.25, 0.3) is 11.1 Å². The molecule has 0 spiro atoms. The zero-order valence-corrected chi connectivity index (χ0v) is 19.4. The smallest absolute Gasteiger partial charge is 0.251 e. The third-order valence-electron chi connectivity index (χ3n) is 4.87. The lowest BCUT2D eigenvalue weighted by molar-refractivity contribution is -0.119. The topological polar surface area (TPSA) is 125 Å². The van der Waals surface area contributed by atoms with E-state index in [4.69, 9.17) is 4.74 Å². The number of hydrogen-bond acceptors (Lipinski definition) is 7. The summed E-state index contributed by atoms with van der Waals surface area (Å²) in [6.07, 6.45) is 6.95.